The molecule has 0 fully saturated rings. The van der Waals surface area contributed by atoms with Crippen LogP contribution in [0.5, 0.6) is 0 Å². The molecule has 0 radical (unpaired) electrons. The average Bonchev–Trinajstić information content (AvgIpc) is 2.72. The molecule has 1 aromatic carbocycles. The van der Waals surface area contributed by atoms with E-state index in [9.17, 15) is 8.42 Å². The van der Waals surface area contributed by atoms with Crippen LogP contribution in [0.1, 0.15) is 5.56 Å². The van der Waals surface area contributed by atoms with E-state index in [0.717, 1.165) is 10.0 Å². The molecule has 0 aliphatic carbocycles. The molecule has 1 aromatic heterocycles. The lowest BCUT2D eigenvalue weighted by molar-refractivity contribution is 0.597. The van der Waals surface area contributed by atoms with Gasteiger partial charge < -0.3 is 0 Å². The van der Waals surface area contributed by atoms with Crippen LogP contribution in [-0.2, 0) is 16.6 Å². The van der Waals surface area contributed by atoms with Gasteiger partial charge in [-0.05, 0) is 29.8 Å². The van der Waals surface area contributed by atoms with Crippen LogP contribution in [0.2, 0.25) is 0 Å². The Balaban J connectivity index is 2.40. The highest BCUT2D eigenvalue weighted by molar-refractivity contribution is 9.10. The number of hydrogen-bond donors (Lipinski definition) is 1. The molecule has 1 heterocycles. The van der Waals surface area contributed by atoms with E-state index < -0.39 is 10.0 Å². The Morgan fingerprint density at radius 2 is 2.18 bits per heavy atom. The number of rotatable bonds is 3. The van der Waals surface area contributed by atoms with Crippen molar-refractivity contribution in [1.82, 2.24) is 9.78 Å². The third kappa shape index (κ3) is 2.93. The molecule has 0 bridgehead atoms. The van der Waals surface area contributed by atoms with Crippen LogP contribution >= 0.6 is 15.9 Å². The zero-order chi connectivity index (χ0) is 12.5. The first-order valence-corrected chi connectivity index (χ1v) is 7.09. The Kier molecular flexibility index (Phi) is 3.32. The molecule has 0 atom stereocenters. The van der Waals surface area contributed by atoms with Crippen LogP contribution in [0.4, 0.5) is 0 Å². The molecule has 5 nitrogen and oxygen atoms in total. The van der Waals surface area contributed by atoms with Gasteiger partial charge in [-0.25, -0.2) is 13.6 Å². The highest BCUT2D eigenvalue weighted by atomic mass is 79.9. The summed E-state index contributed by atoms with van der Waals surface area (Å²) in [5.41, 5.74) is 0.806. The van der Waals surface area contributed by atoms with E-state index in [1.54, 1.807) is 35.3 Å². The molecule has 7 heteroatoms. The van der Waals surface area contributed by atoms with E-state index >= 15 is 0 Å². The molecule has 90 valence electrons. The minimum atomic E-state index is -3.67. The van der Waals surface area contributed by atoms with Gasteiger partial charge in [-0.1, -0.05) is 15.9 Å². The quantitative estimate of drug-likeness (QED) is 0.928. The second-order valence-electron chi connectivity index (χ2n) is 3.50. The van der Waals surface area contributed by atoms with Crippen molar-refractivity contribution in [1.29, 1.82) is 0 Å². The van der Waals surface area contributed by atoms with Gasteiger partial charge in [-0.3, -0.25) is 4.68 Å². The van der Waals surface area contributed by atoms with Crippen molar-refractivity contribution in [2.75, 3.05) is 0 Å². The fraction of sp³-hybridized carbons (Fsp3) is 0.100. The standard InChI is InChI=1S/C10H10BrN3O2S/c11-10-3-2-9(17(12,15)16)6-8(10)7-14-5-1-4-13-14/h1-6H,7H2,(H2,12,15,16). The Bertz CT molecular complexity index is 623. The molecular formula is C10H10BrN3O2S. The van der Waals surface area contributed by atoms with Crippen LogP contribution in [-0.4, -0.2) is 18.2 Å². The van der Waals surface area contributed by atoms with Gasteiger partial charge in [0.1, 0.15) is 0 Å². The number of primary sulfonamides is 1. The summed E-state index contributed by atoms with van der Waals surface area (Å²) in [6.07, 6.45) is 3.47. The lowest BCUT2D eigenvalue weighted by Gasteiger charge is -2.07. The summed E-state index contributed by atoms with van der Waals surface area (Å²) >= 11 is 3.37. The van der Waals surface area contributed by atoms with E-state index in [2.05, 4.69) is 21.0 Å². The van der Waals surface area contributed by atoms with Crippen LogP contribution in [0.3, 0.4) is 0 Å². The average molecular weight is 316 g/mol. The first kappa shape index (κ1) is 12.3. The monoisotopic (exact) mass is 315 g/mol. The summed E-state index contributed by atoms with van der Waals surface area (Å²) in [5, 5.41) is 9.14. The molecule has 2 N–H and O–H groups in total. The van der Waals surface area contributed by atoms with Gasteiger partial charge in [-0.2, -0.15) is 5.10 Å². The molecule has 0 saturated carbocycles. The molecule has 0 unspecified atom stereocenters. The molecule has 2 aromatic rings. The van der Waals surface area contributed by atoms with Crippen molar-refractivity contribution in [3.8, 4) is 0 Å². The van der Waals surface area contributed by atoms with E-state index in [-0.39, 0.29) is 4.90 Å². The van der Waals surface area contributed by atoms with Gasteiger partial charge in [0.15, 0.2) is 0 Å². The molecule has 0 spiro atoms. The van der Waals surface area contributed by atoms with Crippen molar-refractivity contribution >= 4 is 26.0 Å². The summed E-state index contributed by atoms with van der Waals surface area (Å²) in [6, 6.07) is 6.48. The minimum Gasteiger partial charge on any atom is -0.268 e. The smallest absolute Gasteiger partial charge is 0.238 e. The summed E-state index contributed by atoms with van der Waals surface area (Å²) in [5.74, 6) is 0. The van der Waals surface area contributed by atoms with Crippen molar-refractivity contribution in [3.05, 3.63) is 46.7 Å². The third-order valence-electron chi connectivity index (χ3n) is 2.24. The van der Waals surface area contributed by atoms with E-state index in [0.29, 0.717) is 6.54 Å². The highest BCUT2D eigenvalue weighted by Crippen LogP contribution is 2.21. The van der Waals surface area contributed by atoms with Crippen LogP contribution < -0.4 is 5.14 Å². The van der Waals surface area contributed by atoms with Gasteiger partial charge in [0.2, 0.25) is 10.0 Å². The SMILES string of the molecule is NS(=O)(=O)c1ccc(Br)c(Cn2cccn2)c1. The van der Waals surface area contributed by atoms with Crippen molar-refractivity contribution in [2.24, 2.45) is 5.14 Å². The predicted molar refractivity (Wildman–Crippen MR) is 66.8 cm³/mol. The normalized spacial score (nSPS) is 11.6. The number of hydrogen-bond acceptors (Lipinski definition) is 3. The topological polar surface area (TPSA) is 78.0 Å². The maximum absolute atomic E-state index is 11.2. The van der Waals surface area contributed by atoms with Crippen LogP contribution in [0, 0.1) is 0 Å². The maximum atomic E-state index is 11.2. The predicted octanol–water partition coefficient (Wildman–Crippen LogP) is 1.34. The zero-order valence-electron chi connectivity index (χ0n) is 8.75. The number of halogens is 1. The Morgan fingerprint density at radius 1 is 1.41 bits per heavy atom. The Hall–Kier alpha value is -1.18. The van der Waals surface area contributed by atoms with E-state index in [4.69, 9.17) is 5.14 Å². The van der Waals surface area contributed by atoms with Gasteiger partial charge in [-0.15, -0.1) is 0 Å². The fourth-order valence-corrected chi connectivity index (χ4v) is 2.35. The van der Waals surface area contributed by atoms with E-state index in [1.165, 1.54) is 6.07 Å². The zero-order valence-corrected chi connectivity index (χ0v) is 11.1. The third-order valence-corrected chi connectivity index (χ3v) is 3.92. The molecule has 2 rings (SSSR count). The lowest BCUT2D eigenvalue weighted by atomic mass is 10.2. The molecule has 17 heavy (non-hydrogen) atoms. The number of nitrogens with zero attached hydrogens (tertiary/aromatic N) is 2. The van der Waals surface area contributed by atoms with Gasteiger partial charge in [0.05, 0.1) is 11.4 Å². The number of nitrogens with two attached hydrogens (primary N) is 1. The fourth-order valence-electron chi connectivity index (χ4n) is 1.42. The number of aromatic nitrogens is 2. The number of sulfonamides is 1. The largest absolute Gasteiger partial charge is 0.268 e. The molecular weight excluding hydrogens is 306 g/mol. The van der Waals surface area contributed by atoms with Crippen LogP contribution in [0.15, 0.2) is 46.0 Å². The first-order chi connectivity index (χ1) is 7.97. The van der Waals surface area contributed by atoms with Crippen molar-refractivity contribution < 1.29 is 8.42 Å². The molecule has 0 aliphatic rings. The second kappa shape index (κ2) is 4.59. The van der Waals surface area contributed by atoms with Crippen LogP contribution in [0.25, 0.3) is 0 Å². The highest BCUT2D eigenvalue weighted by Gasteiger charge is 2.10. The Morgan fingerprint density at radius 3 is 2.76 bits per heavy atom. The molecule has 0 amide bonds. The van der Waals surface area contributed by atoms with Crippen molar-refractivity contribution in [2.45, 2.75) is 11.4 Å². The molecule has 0 saturated heterocycles. The van der Waals surface area contributed by atoms with Gasteiger partial charge in [0, 0.05) is 16.9 Å². The van der Waals surface area contributed by atoms with Crippen molar-refractivity contribution in [3.63, 3.8) is 0 Å². The summed E-state index contributed by atoms with van der Waals surface area (Å²) in [4.78, 5) is 0.0999. The summed E-state index contributed by atoms with van der Waals surface area (Å²) < 4.78 is 25.0. The summed E-state index contributed by atoms with van der Waals surface area (Å²) in [7, 11) is -3.67. The second-order valence-corrected chi connectivity index (χ2v) is 5.92. The maximum Gasteiger partial charge on any atom is 0.238 e. The molecule has 0 aliphatic heterocycles. The lowest BCUT2D eigenvalue weighted by Crippen LogP contribution is -2.13. The number of benzene rings is 1. The van der Waals surface area contributed by atoms with E-state index in [1.807, 2.05) is 0 Å². The van der Waals surface area contributed by atoms with Gasteiger partial charge >= 0.3 is 0 Å². The first-order valence-electron chi connectivity index (χ1n) is 4.75. The Labute approximate surface area is 107 Å². The van der Waals surface area contributed by atoms with Gasteiger partial charge in [0.25, 0.3) is 0 Å². The minimum absolute atomic E-state index is 0.0999. The summed E-state index contributed by atoms with van der Waals surface area (Å²) in [6.45, 7) is 0.483.